The lowest BCUT2D eigenvalue weighted by molar-refractivity contribution is 0.0256. The van der Waals surface area contributed by atoms with Gasteiger partial charge in [0.15, 0.2) is 0 Å². The molecule has 0 unspecified atom stereocenters. The average Bonchev–Trinajstić information content (AvgIpc) is 3.34. The fourth-order valence-corrected chi connectivity index (χ4v) is 2.90. The van der Waals surface area contributed by atoms with Crippen molar-refractivity contribution < 1.29 is 13.6 Å². The van der Waals surface area contributed by atoms with Crippen LogP contribution in [0.1, 0.15) is 28.0 Å². The van der Waals surface area contributed by atoms with Crippen molar-refractivity contribution in [2.24, 2.45) is 0 Å². The summed E-state index contributed by atoms with van der Waals surface area (Å²) in [5, 5.41) is 9.21. The third kappa shape index (κ3) is 4.38. The van der Waals surface area contributed by atoms with Gasteiger partial charge in [0.2, 0.25) is 0 Å². The summed E-state index contributed by atoms with van der Waals surface area (Å²) in [5.74, 6) is 3.14. The van der Waals surface area contributed by atoms with E-state index in [0.717, 1.165) is 0 Å². The summed E-state index contributed by atoms with van der Waals surface area (Å²) in [6, 6.07) is 6.80. The SMILES string of the molecule is O=C(Nc1ccc(N2CCC(F)(F)C2)nc1)c1[nH]ncc1C#Cc1cccnc1. The second-order valence-corrected chi connectivity index (χ2v) is 6.54. The molecule has 0 spiro atoms. The van der Waals surface area contributed by atoms with Gasteiger partial charge in [0.1, 0.15) is 11.5 Å². The standard InChI is InChI=1S/C20H16F2N6O/c21-20(22)7-9-28(13-20)17-6-5-16(12-24-17)26-19(29)18-15(11-25-27-18)4-3-14-2-1-8-23-10-14/h1-2,5-6,8,10-12H,7,9,13H2,(H,25,27)(H,26,29). The van der Waals surface area contributed by atoms with E-state index in [9.17, 15) is 13.6 Å². The molecule has 0 bridgehead atoms. The number of aromatic amines is 1. The highest BCUT2D eigenvalue weighted by molar-refractivity contribution is 6.04. The Morgan fingerprint density at radius 1 is 1.21 bits per heavy atom. The van der Waals surface area contributed by atoms with Crippen LogP contribution >= 0.6 is 0 Å². The van der Waals surface area contributed by atoms with Gasteiger partial charge in [0.05, 0.1) is 30.2 Å². The normalized spacial score (nSPS) is 14.9. The Morgan fingerprint density at radius 3 is 2.79 bits per heavy atom. The monoisotopic (exact) mass is 394 g/mol. The van der Waals surface area contributed by atoms with E-state index in [1.807, 2.05) is 6.07 Å². The zero-order chi connectivity index (χ0) is 20.3. The van der Waals surface area contributed by atoms with Crippen LogP contribution in [0.15, 0.2) is 49.1 Å². The smallest absolute Gasteiger partial charge is 0.275 e. The van der Waals surface area contributed by atoms with Gasteiger partial charge >= 0.3 is 0 Å². The molecule has 0 saturated carbocycles. The first-order valence-corrected chi connectivity index (χ1v) is 8.86. The highest BCUT2D eigenvalue weighted by Gasteiger charge is 2.38. The molecule has 3 aromatic rings. The maximum absolute atomic E-state index is 13.3. The molecule has 1 fully saturated rings. The first kappa shape index (κ1) is 18.6. The van der Waals surface area contributed by atoms with Crippen molar-refractivity contribution in [2.75, 3.05) is 23.3 Å². The van der Waals surface area contributed by atoms with Crippen molar-refractivity contribution in [3.05, 3.63) is 65.9 Å². The van der Waals surface area contributed by atoms with Crippen LogP contribution in [0.2, 0.25) is 0 Å². The lowest BCUT2D eigenvalue weighted by Gasteiger charge is -2.17. The average molecular weight is 394 g/mol. The molecule has 0 aromatic carbocycles. The quantitative estimate of drug-likeness (QED) is 0.667. The van der Waals surface area contributed by atoms with Gasteiger partial charge in [-0.3, -0.25) is 14.9 Å². The molecule has 146 valence electrons. The molecule has 0 aliphatic carbocycles. The van der Waals surface area contributed by atoms with Gasteiger partial charge in [-0.2, -0.15) is 5.10 Å². The highest BCUT2D eigenvalue weighted by Crippen LogP contribution is 2.30. The predicted octanol–water partition coefficient (Wildman–Crippen LogP) is 2.70. The fraction of sp³-hybridized carbons (Fsp3) is 0.200. The molecule has 1 saturated heterocycles. The van der Waals surface area contributed by atoms with Crippen LogP contribution in [0, 0.1) is 11.8 Å². The van der Waals surface area contributed by atoms with Crippen LogP contribution in [0.25, 0.3) is 0 Å². The number of nitrogens with zero attached hydrogens (tertiary/aromatic N) is 4. The molecule has 4 heterocycles. The Morgan fingerprint density at radius 2 is 2.10 bits per heavy atom. The number of nitrogens with one attached hydrogen (secondary N) is 2. The molecule has 1 aliphatic heterocycles. The minimum atomic E-state index is -2.69. The number of carbonyl (C=O) groups excluding carboxylic acids is 1. The number of hydrogen-bond acceptors (Lipinski definition) is 5. The van der Waals surface area contributed by atoms with Crippen molar-refractivity contribution in [1.29, 1.82) is 0 Å². The molecule has 0 radical (unpaired) electrons. The second kappa shape index (κ2) is 7.67. The first-order chi connectivity index (χ1) is 14.0. The summed E-state index contributed by atoms with van der Waals surface area (Å²) < 4.78 is 26.7. The lowest BCUT2D eigenvalue weighted by Crippen LogP contribution is -2.25. The first-order valence-electron chi connectivity index (χ1n) is 8.86. The molecule has 7 nitrogen and oxygen atoms in total. The fourth-order valence-electron chi connectivity index (χ4n) is 2.90. The van der Waals surface area contributed by atoms with Crippen molar-refractivity contribution in [3.63, 3.8) is 0 Å². The van der Waals surface area contributed by atoms with Gasteiger partial charge in [-0.1, -0.05) is 11.8 Å². The van der Waals surface area contributed by atoms with E-state index in [1.165, 1.54) is 17.3 Å². The molecule has 3 aromatic heterocycles. The van der Waals surface area contributed by atoms with Crippen molar-refractivity contribution >= 4 is 17.4 Å². The summed E-state index contributed by atoms with van der Waals surface area (Å²) in [6.07, 6.45) is 5.98. The maximum atomic E-state index is 13.3. The van der Waals surface area contributed by atoms with Gasteiger partial charge in [0.25, 0.3) is 11.8 Å². The van der Waals surface area contributed by atoms with E-state index in [-0.39, 0.29) is 25.2 Å². The Labute approximate surface area is 165 Å². The largest absolute Gasteiger partial charge is 0.350 e. The number of hydrogen-bond donors (Lipinski definition) is 2. The number of aromatic nitrogens is 4. The van der Waals surface area contributed by atoms with E-state index in [1.54, 1.807) is 30.6 Å². The van der Waals surface area contributed by atoms with Crippen molar-refractivity contribution in [1.82, 2.24) is 20.2 Å². The summed E-state index contributed by atoms with van der Waals surface area (Å²) in [5.41, 5.74) is 1.80. The number of amides is 1. The topological polar surface area (TPSA) is 86.8 Å². The van der Waals surface area contributed by atoms with Gasteiger partial charge in [-0.15, -0.1) is 0 Å². The molecular formula is C20H16F2N6O. The zero-order valence-electron chi connectivity index (χ0n) is 15.2. The minimum absolute atomic E-state index is 0.185. The highest BCUT2D eigenvalue weighted by atomic mass is 19.3. The Balaban J connectivity index is 1.44. The van der Waals surface area contributed by atoms with E-state index >= 15 is 0 Å². The molecule has 1 aliphatic rings. The Kier molecular flexibility index (Phi) is 4.91. The lowest BCUT2D eigenvalue weighted by atomic mass is 10.2. The number of H-pyrrole nitrogens is 1. The van der Waals surface area contributed by atoms with Crippen molar-refractivity contribution in [2.45, 2.75) is 12.3 Å². The van der Waals surface area contributed by atoms with E-state index in [0.29, 0.717) is 22.6 Å². The Bertz CT molecular complexity index is 1070. The van der Waals surface area contributed by atoms with Gasteiger partial charge in [-0.25, -0.2) is 13.8 Å². The zero-order valence-corrected chi connectivity index (χ0v) is 15.2. The van der Waals surface area contributed by atoms with Crippen molar-refractivity contribution in [3.8, 4) is 11.8 Å². The van der Waals surface area contributed by atoms with Gasteiger partial charge < -0.3 is 10.2 Å². The van der Waals surface area contributed by atoms with Crippen LogP contribution in [0.5, 0.6) is 0 Å². The summed E-state index contributed by atoms with van der Waals surface area (Å²) in [4.78, 5) is 22.2. The third-order valence-electron chi connectivity index (χ3n) is 4.37. The summed E-state index contributed by atoms with van der Waals surface area (Å²) >= 11 is 0. The molecule has 0 atom stereocenters. The summed E-state index contributed by atoms with van der Waals surface area (Å²) in [7, 11) is 0. The minimum Gasteiger partial charge on any atom is -0.350 e. The number of carbonyl (C=O) groups is 1. The maximum Gasteiger partial charge on any atom is 0.275 e. The van der Waals surface area contributed by atoms with Crippen LogP contribution in [0.3, 0.4) is 0 Å². The van der Waals surface area contributed by atoms with E-state index < -0.39 is 11.8 Å². The molecular weight excluding hydrogens is 378 g/mol. The number of halogens is 2. The second-order valence-electron chi connectivity index (χ2n) is 6.54. The van der Waals surface area contributed by atoms with Gasteiger partial charge in [0, 0.05) is 30.9 Å². The molecule has 2 N–H and O–H groups in total. The number of alkyl halides is 2. The number of anilines is 2. The number of pyridine rings is 2. The molecule has 9 heteroatoms. The molecule has 1 amide bonds. The molecule has 4 rings (SSSR count). The van der Waals surface area contributed by atoms with Gasteiger partial charge in [-0.05, 0) is 24.3 Å². The van der Waals surface area contributed by atoms with Crippen LogP contribution in [-0.4, -0.2) is 45.1 Å². The van der Waals surface area contributed by atoms with E-state index in [2.05, 4.69) is 37.3 Å². The van der Waals surface area contributed by atoms with Crippen LogP contribution in [-0.2, 0) is 0 Å². The van der Waals surface area contributed by atoms with Crippen LogP contribution < -0.4 is 10.2 Å². The number of rotatable bonds is 3. The molecule has 29 heavy (non-hydrogen) atoms. The van der Waals surface area contributed by atoms with Crippen LogP contribution in [0.4, 0.5) is 20.3 Å². The van der Waals surface area contributed by atoms with E-state index in [4.69, 9.17) is 0 Å². The Hall–Kier alpha value is -3.80. The predicted molar refractivity (Wildman–Crippen MR) is 103 cm³/mol. The summed E-state index contributed by atoms with van der Waals surface area (Å²) in [6.45, 7) is -0.0996. The third-order valence-corrected chi connectivity index (χ3v) is 4.37.